The Bertz CT molecular complexity index is 140. The summed E-state index contributed by atoms with van der Waals surface area (Å²) in [7, 11) is -1.48. The maximum absolute atomic E-state index is 6.00. The van der Waals surface area contributed by atoms with Gasteiger partial charge in [0.05, 0.1) is 0 Å². The summed E-state index contributed by atoms with van der Waals surface area (Å²) in [5.74, 6) is 0.973. The Morgan fingerprint density at radius 1 is 1.15 bits per heavy atom. The molecule has 0 bridgehead atoms. The molecule has 0 aromatic rings. The summed E-state index contributed by atoms with van der Waals surface area (Å²) in [5.41, 5.74) is 0. The van der Waals surface area contributed by atoms with Crippen LogP contribution in [0.4, 0.5) is 0 Å². The summed E-state index contributed by atoms with van der Waals surface area (Å²) in [4.78, 5) is 0. The Labute approximate surface area is 89.8 Å². The molecule has 0 N–H and O–H groups in total. The minimum Gasteiger partial charge on any atom is -0.417 e. The third-order valence-electron chi connectivity index (χ3n) is 2.82. The fourth-order valence-electron chi connectivity index (χ4n) is 0.758. The van der Waals surface area contributed by atoms with Crippen LogP contribution >= 0.6 is 12.6 Å². The molecule has 0 heterocycles. The zero-order valence-electron chi connectivity index (χ0n) is 9.68. The van der Waals surface area contributed by atoms with Crippen molar-refractivity contribution in [3.63, 3.8) is 0 Å². The highest BCUT2D eigenvalue weighted by Gasteiger charge is 2.36. The number of unbranched alkanes of at least 4 members (excludes halogenated alkanes) is 1. The Hall–Kier alpha value is 0.527. The van der Waals surface area contributed by atoms with Crippen LogP contribution in [-0.2, 0) is 4.43 Å². The van der Waals surface area contributed by atoms with Crippen molar-refractivity contribution in [3.05, 3.63) is 0 Å². The van der Waals surface area contributed by atoms with E-state index >= 15 is 0 Å². The summed E-state index contributed by atoms with van der Waals surface area (Å²) < 4.78 is 6.00. The molecule has 1 nitrogen and oxygen atoms in total. The summed E-state index contributed by atoms with van der Waals surface area (Å²) in [5, 5.41) is 0.341. The van der Waals surface area contributed by atoms with E-state index in [4.69, 9.17) is 4.43 Å². The van der Waals surface area contributed by atoms with Crippen LogP contribution in [0.1, 0.15) is 33.6 Å². The molecule has 0 aliphatic heterocycles. The van der Waals surface area contributed by atoms with E-state index in [1.165, 1.54) is 0 Å². The lowest BCUT2D eigenvalue weighted by Gasteiger charge is -2.36. The topological polar surface area (TPSA) is 9.23 Å². The van der Waals surface area contributed by atoms with E-state index < -0.39 is 8.32 Å². The first-order chi connectivity index (χ1) is 5.81. The summed E-state index contributed by atoms with van der Waals surface area (Å²) in [6.45, 7) is 12.3. The van der Waals surface area contributed by atoms with Crippen LogP contribution < -0.4 is 0 Å². The van der Waals surface area contributed by atoms with Crippen LogP contribution in [-0.4, -0.2) is 20.7 Å². The molecular formula is C10H24OSSi. The zero-order valence-corrected chi connectivity index (χ0v) is 11.6. The van der Waals surface area contributed by atoms with E-state index in [2.05, 4.69) is 46.5 Å². The second kappa shape index (κ2) is 5.42. The van der Waals surface area contributed by atoms with E-state index in [1.807, 2.05) is 0 Å². The minimum absolute atomic E-state index is 0.341. The molecule has 0 saturated heterocycles. The van der Waals surface area contributed by atoms with Gasteiger partial charge in [-0.05, 0) is 36.7 Å². The molecule has 0 aliphatic rings. The van der Waals surface area contributed by atoms with Crippen molar-refractivity contribution in [3.8, 4) is 0 Å². The molecule has 0 aliphatic carbocycles. The lowest BCUT2D eigenvalue weighted by Crippen LogP contribution is -2.40. The summed E-state index contributed by atoms with van der Waals surface area (Å²) in [6.07, 6.45) is 2.31. The van der Waals surface area contributed by atoms with Gasteiger partial charge < -0.3 is 4.43 Å². The number of hydrogen-bond acceptors (Lipinski definition) is 2. The van der Waals surface area contributed by atoms with Gasteiger partial charge in [0.2, 0.25) is 0 Å². The maximum Gasteiger partial charge on any atom is 0.191 e. The molecule has 3 heteroatoms. The van der Waals surface area contributed by atoms with E-state index in [0.717, 1.165) is 25.2 Å². The molecule has 0 radical (unpaired) electrons. The highest BCUT2D eigenvalue weighted by Crippen LogP contribution is 2.36. The van der Waals surface area contributed by atoms with Crippen molar-refractivity contribution in [1.82, 2.24) is 0 Å². The summed E-state index contributed by atoms with van der Waals surface area (Å²) in [6, 6.07) is 0. The first kappa shape index (κ1) is 13.5. The first-order valence-electron chi connectivity index (χ1n) is 5.06. The van der Waals surface area contributed by atoms with Gasteiger partial charge in [-0.15, -0.1) is 0 Å². The number of thiol groups is 1. The molecule has 0 aromatic heterocycles. The molecular weight excluding hydrogens is 196 g/mol. The van der Waals surface area contributed by atoms with Crippen LogP contribution in [0.2, 0.25) is 18.1 Å². The fourth-order valence-corrected chi connectivity index (χ4v) is 2.07. The molecule has 0 spiro atoms. The molecule has 13 heavy (non-hydrogen) atoms. The Kier molecular flexibility index (Phi) is 5.64. The molecule has 0 rings (SSSR count). The molecule has 0 saturated carbocycles. The fraction of sp³-hybridized carbons (Fsp3) is 1.00. The van der Waals surface area contributed by atoms with E-state index in [1.54, 1.807) is 0 Å². The smallest absolute Gasteiger partial charge is 0.191 e. The summed E-state index contributed by atoms with van der Waals surface area (Å²) >= 11 is 4.18. The Balaban J connectivity index is 3.77. The van der Waals surface area contributed by atoms with Gasteiger partial charge in [-0.25, -0.2) is 0 Å². The predicted molar refractivity (Wildman–Crippen MR) is 66.2 cm³/mol. The number of hydrogen-bond donors (Lipinski definition) is 1. The molecule has 80 valence electrons. The Morgan fingerprint density at radius 3 is 2.08 bits per heavy atom. The van der Waals surface area contributed by atoms with Crippen LogP contribution in [0, 0.1) is 0 Å². The molecule has 0 aromatic carbocycles. The van der Waals surface area contributed by atoms with Gasteiger partial charge in [0, 0.05) is 6.61 Å². The lowest BCUT2D eigenvalue weighted by molar-refractivity contribution is 0.281. The van der Waals surface area contributed by atoms with Crippen LogP contribution in [0.3, 0.4) is 0 Å². The molecule has 0 fully saturated rings. The van der Waals surface area contributed by atoms with Crippen molar-refractivity contribution < 1.29 is 4.43 Å². The third-order valence-corrected chi connectivity index (χ3v) is 7.68. The van der Waals surface area contributed by atoms with Crippen molar-refractivity contribution in [1.29, 1.82) is 0 Å². The predicted octanol–water partition coefficient (Wildman–Crippen LogP) is 3.72. The second-order valence-corrected chi connectivity index (χ2v) is 10.3. The zero-order chi connectivity index (χ0) is 10.5. The average Bonchev–Trinajstić information content (AvgIpc) is 1.96. The van der Waals surface area contributed by atoms with Gasteiger partial charge >= 0.3 is 0 Å². The van der Waals surface area contributed by atoms with Gasteiger partial charge in [-0.3, -0.25) is 0 Å². The van der Waals surface area contributed by atoms with Crippen molar-refractivity contribution in [2.24, 2.45) is 0 Å². The number of rotatable bonds is 5. The largest absolute Gasteiger partial charge is 0.417 e. The van der Waals surface area contributed by atoms with Crippen LogP contribution in [0.15, 0.2) is 0 Å². The van der Waals surface area contributed by atoms with Crippen molar-refractivity contribution >= 4 is 20.9 Å². The monoisotopic (exact) mass is 220 g/mol. The van der Waals surface area contributed by atoms with E-state index in [-0.39, 0.29) is 0 Å². The third kappa shape index (κ3) is 5.08. The first-order valence-corrected chi connectivity index (χ1v) is 8.60. The normalized spacial score (nSPS) is 13.4. The highest BCUT2D eigenvalue weighted by molar-refractivity contribution is 7.80. The van der Waals surface area contributed by atoms with E-state index in [9.17, 15) is 0 Å². The average molecular weight is 220 g/mol. The molecule has 0 amide bonds. The van der Waals surface area contributed by atoms with Gasteiger partial charge in [-0.1, -0.05) is 20.8 Å². The van der Waals surface area contributed by atoms with Crippen molar-refractivity contribution in [2.75, 3.05) is 12.4 Å². The maximum atomic E-state index is 6.00. The van der Waals surface area contributed by atoms with Gasteiger partial charge in [0.1, 0.15) is 0 Å². The van der Waals surface area contributed by atoms with Crippen molar-refractivity contribution in [2.45, 2.75) is 51.7 Å². The lowest BCUT2D eigenvalue weighted by atomic mass is 10.2. The van der Waals surface area contributed by atoms with Gasteiger partial charge in [0.15, 0.2) is 8.32 Å². The van der Waals surface area contributed by atoms with E-state index in [0.29, 0.717) is 5.04 Å². The minimum atomic E-state index is -1.48. The van der Waals surface area contributed by atoms with Gasteiger partial charge in [0.25, 0.3) is 0 Å². The van der Waals surface area contributed by atoms with Crippen LogP contribution in [0.5, 0.6) is 0 Å². The molecule has 0 atom stereocenters. The quantitative estimate of drug-likeness (QED) is 0.422. The molecule has 0 unspecified atom stereocenters. The van der Waals surface area contributed by atoms with Crippen LogP contribution in [0.25, 0.3) is 0 Å². The second-order valence-electron chi connectivity index (χ2n) is 5.04. The van der Waals surface area contributed by atoms with Gasteiger partial charge in [-0.2, -0.15) is 12.6 Å². The highest BCUT2D eigenvalue weighted by atomic mass is 32.1. The SMILES string of the molecule is CC(C)(C)[Si](C)(C)OCCCCS. The Morgan fingerprint density at radius 2 is 1.69 bits per heavy atom. The standard InChI is InChI=1S/C10H24OSSi/c1-10(2,3)13(4,5)11-8-6-7-9-12/h12H,6-9H2,1-5H3.